The van der Waals surface area contributed by atoms with Gasteiger partial charge in [-0.3, -0.25) is 9.69 Å². The number of carbonyl (C=O) groups is 1. The van der Waals surface area contributed by atoms with Crippen molar-refractivity contribution in [1.82, 2.24) is 4.90 Å². The van der Waals surface area contributed by atoms with Crippen LogP contribution in [0.15, 0.2) is 42.5 Å². The van der Waals surface area contributed by atoms with Crippen LogP contribution in [0.3, 0.4) is 0 Å². The first kappa shape index (κ1) is 19.0. The smallest absolute Gasteiger partial charge is 0.238 e. The standard InChI is InChI=1S/C20H22Cl2N2O2/c1-2-26-15-10-8-14(9-11-15)18-7-4-12-24(18)13-19(25)23-17-6-3-5-16(21)20(17)22/h3,5-6,8-11,18H,2,4,7,12-13H2,1H3,(H,23,25)/t18-/m1/s1. The molecule has 1 aliphatic heterocycles. The van der Waals surface area contributed by atoms with E-state index in [0.29, 0.717) is 28.9 Å². The summed E-state index contributed by atoms with van der Waals surface area (Å²) in [6.07, 6.45) is 2.11. The fourth-order valence-electron chi connectivity index (χ4n) is 3.32. The Morgan fingerprint density at radius 1 is 1.23 bits per heavy atom. The number of likely N-dealkylation sites (tertiary alicyclic amines) is 1. The zero-order valence-electron chi connectivity index (χ0n) is 14.7. The molecule has 0 radical (unpaired) electrons. The highest BCUT2D eigenvalue weighted by atomic mass is 35.5. The molecule has 1 fully saturated rings. The molecule has 2 aromatic carbocycles. The molecule has 138 valence electrons. The van der Waals surface area contributed by atoms with Gasteiger partial charge in [-0.25, -0.2) is 0 Å². The van der Waals surface area contributed by atoms with Crippen molar-refractivity contribution in [3.8, 4) is 5.75 Å². The van der Waals surface area contributed by atoms with Crippen molar-refractivity contribution >= 4 is 34.8 Å². The van der Waals surface area contributed by atoms with Gasteiger partial charge in [0.2, 0.25) is 5.91 Å². The van der Waals surface area contributed by atoms with Gasteiger partial charge in [0, 0.05) is 6.04 Å². The number of nitrogens with one attached hydrogen (secondary N) is 1. The minimum absolute atomic E-state index is 0.0907. The summed E-state index contributed by atoms with van der Waals surface area (Å²) in [4.78, 5) is 14.7. The fraction of sp³-hybridized carbons (Fsp3) is 0.350. The number of nitrogens with zero attached hydrogens (tertiary/aromatic N) is 1. The second-order valence-electron chi connectivity index (χ2n) is 6.28. The average Bonchev–Trinajstić information content (AvgIpc) is 3.08. The van der Waals surface area contributed by atoms with Crippen molar-refractivity contribution in [2.24, 2.45) is 0 Å². The third-order valence-electron chi connectivity index (χ3n) is 4.51. The van der Waals surface area contributed by atoms with Gasteiger partial charge in [0.1, 0.15) is 5.75 Å². The summed E-state index contributed by atoms with van der Waals surface area (Å²) in [6.45, 7) is 3.84. The van der Waals surface area contributed by atoms with Crippen LogP contribution in [0.2, 0.25) is 10.0 Å². The van der Waals surface area contributed by atoms with Crippen molar-refractivity contribution in [1.29, 1.82) is 0 Å². The molecule has 0 unspecified atom stereocenters. The summed E-state index contributed by atoms with van der Waals surface area (Å²) in [6, 6.07) is 13.6. The lowest BCUT2D eigenvalue weighted by molar-refractivity contribution is -0.117. The van der Waals surface area contributed by atoms with E-state index in [1.165, 1.54) is 5.56 Å². The molecule has 0 aliphatic carbocycles. The number of ether oxygens (including phenoxy) is 1. The number of amides is 1. The number of hydrogen-bond acceptors (Lipinski definition) is 3. The second kappa shape index (κ2) is 8.76. The van der Waals surface area contributed by atoms with Gasteiger partial charge in [-0.05, 0) is 56.1 Å². The predicted molar refractivity (Wildman–Crippen MR) is 106 cm³/mol. The van der Waals surface area contributed by atoms with Crippen molar-refractivity contribution < 1.29 is 9.53 Å². The molecule has 2 aromatic rings. The number of halogens is 2. The number of rotatable bonds is 6. The van der Waals surface area contributed by atoms with Gasteiger partial charge in [-0.1, -0.05) is 41.4 Å². The van der Waals surface area contributed by atoms with Gasteiger partial charge >= 0.3 is 0 Å². The number of anilines is 1. The maximum absolute atomic E-state index is 12.5. The highest BCUT2D eigenvalue weighted by Crippen LogP contribution is 2.33. The Morgan fingerprint density at radius 3 is 2.73 bits per heavy atom. The largest absolute Gasteiger partial charge is 0.494 e. The van der Waals surface area contributed by atoms with E-state index < -0.39 is 0 Å². The molecule has 0 aromatic heterocycles. The van der Waals surface area contributed by atoms with Crippen LogP contribution in [0.4, 0.5) is 5.69 Å². The number of carbonyl (C=O) groups excluding carboxylic acids is 1. The van der Waals surface area contributed by atoms with Gasteiger partial charge in [0.05, 0.1) is 28.9 Å². The zero-order chi connectivity index (χ0) is 18.5. The van der Waals surface area contributed by atoms with E-state index in [4.69, 9.17) is 27.9 Å². The van der Waals surface area contributed by atoms with Crippen molar-refractivity contribution in [2.45, 2.75) is 25.8 Å². The van der Waals surface area contributed by atoms with Gasteiger partial charge in [-0.15, -0.1) is 0 Å². The van der Waals surface area contributed by atoms with Crippen LogP contribution >= 0.6 is 23.2 Å². The molecule has 0 bridgehead atoms. The Kier molecular flexibility index (Phi) is 6.41. The molecule has 4 nitrogen and oxygen atoms in total. The zero-order valence-corrected chi connectivity index (χ0v) is 16.2. The lowest BCUT2D eigenvalue weighted by atomic mass is 10.0. The quantitative estimate of drug-likeness (QED) is 0.737. The Labute approximate surface area is 164 Å². The third kappa shape index (κ3) is 4.50. The summed E-state index contributed by atoms with van der Waals surface area (Å²) in [5, 5.41) is 3.66. The number of benzene rings is 2. The topological polar surface area (TPSA) is 41.6 Å². The van der Waals surface area contributed by atoms with Crippen LogP contribution < -0.4 is 10.1 Å². The fourth-order valence-corrected chi connectivity index (χ4v) is 3.67. The van der Waals surface area contributed by atoms with Crippen LogP contribution in [0.1, 0.15) is 31.4 Å². The van der Waals surface area contributed by atoms with E-state index in [0.717, 1.165) is 25.1 Å². The highest BCUT2D eigenvalue weighted by Gasteiger charge is 2.27. The van der Waals surface area contributed by atoms with E-state index in [-0.39, 0.29) is 11.9 Å². The van der Waals surface area contributed by atoms with E-state index in [9.17, 15) is 4.79 Å². The van der Waals surface area contributed by atoms with Crippen LogP contribution in [0.25, 0.3) is 0 Å². The monoisotopic (exact) mass is 392 g/mol. The SMILES string of the molecule is CCOc1ccc([C@H]2CCCN2CC(=O)Nc2cccc(Cl)c2Cl)cc1. The predicted octanol–water partition coefficient (Wildman–Crippen LogP) is 5.17. The number of hydrogen-bond donors (Lipinski definition) is 1. The van der Waals surface area contributed by atoms with E-state index >= 15 is 0 Å². The maximum atomic E-state index is 12.5. The first-order chi connectivity index (χ1) is 12.6. The minimum Gasteiger partial charge on any atom is -0.494 e. The second-order valence-corrected chi connectivity index (χ2v) is 7.07. The molecule has 1 atom stereocenters. The Morgan fingerprint density at radius 2 is 2.00 bits per heavy atom. The molecule has 0 spiro atoms. The normalized spacial score (nSPS) is 17.3. The van der Waals surface area contributed by atoms with Gasteiger partial charge in [0.25, 0.3) is 0 Å². The van der Waals surface area contributed by atoms with E-state index in [1.807, 2.05) is 19.1 Å². The summed E-state index contributed by atoms with van der Waals surface area (Å²) >= 11 is 12.1. The molecule has 1 saturated heterocycles. The third-order valence-corrected chi connectivity index (χ3v) is 5.33. The van der Waals surface area contributed by atoms with Crippen LogP contribution in [-0.2, 0) is 4.79 Å². The molecule has 1 heterocycles. The molecule has 1 aliphatic rings. The summed E-state index contributed by atoms with van der Waals surface area (Å²) < 4.78 is 5.50. The molecule has 6 heteroatoms. The van der Waals surface area contributed by atoms with E-state index in [2.05, 4.69) is 22.3 Å². The molecular formula is C20H22Cl2N2O2. The van der Waals surface area contributed by atoms with Gasteiger partial charge in [-0.2, -0.15) is 0 Å². The molecule has 1 amide bonds. The van der Waals surface area contributed by atoms with Gasteiger partial charge < -0.3 is 10.1 Å². The molecule has 3 rings (SSSR count). The summed E-state index contributed by atoms with van der Waals surface area (Å²) in [5.41, 5.74) is 1.75. The maximum Gasteiger partial charge on any atom is 0.238 e. The molecule has 1 N–H and O–H groups in total. The lowest BCUT2D eigenvalue weighted by Gasteiger charge is -2.24. The van der Waals surface area contributed by atoms with Crippen LogP contribution in [0, 0.1) is 0 Å². The lowest BCUT2D eigenvalue weighted by Crippen LogP contribution is -2.33. The Hall–Kier alpha value is -1.75. The minimum atomic E-state index is -0.0907. The summed E-state index contributed by atoms with van der Waals surface area (Å²) in [7, 11) is 0. The average molecular weight is 393 g/mol. The van der Waals surface area contributed by atoms with Gasteiger partial charge in [0.15, 0.2) is 0 Å². The van der Waals surface area contributed by atoms with Crippen molar-refractivity contribution in [3.63, 3.8) is 0 Å². The van der Waals surface area contributed by atoms with Crippen molar-refractivity contribution in [2.75, 3.05) is 25.0 Å². The summed E-state index contributed by atoms with van der Waals surface area (Å²) in [5.74, 6) is 0.779. The van der Waals surface area contributed by atoms with Crippen LogP contribution in [-0.4, -0.2) is 30.5 Å². The molecule has 26 heavy (non-hydrogen) atoms. The first-order valence-corrected chi connectivity index (χ1v) is 9.54. The van der Waals surface area contributed by atoms with Crippen LogP contribution in [0.5, 0.6) is 5.75 Å². The van der Waals surface area contributed by atoms with E-state index in [1.54, 1.807) is 18.2 Å². The Balaban J connectivity index is 1.64. The highest BCUT2D eigenvalue weighted by molar-refractivity contribution is 6.44. The van der Waals surface area contributed by atoms with Crippen molar-refractivity contribution in [3.05, 3.63) is 58.1 Å². The Bertz CT molecular complexity index is 765. The molecule has 0 saturated carbocycles. The molecular weight excluding hydrogens is 371 g/mol. The first-order valence-electron chi connectivity index (χ1n) is 8.79.